The molecule has 0 atom stereocenters. The summed E-state index contributed by atoms with van der Waals surface area (Å²) in [5, 5.41) is 10.6. The molecule has 2 heterocycles. The molecule has 6 rings (SSSR count). The second-order valence-corrected chi connectivity index (χ2v) is 8.75. The quantitative estimate of drug-likeness (QED) is 0.785. The maximum Gasteiger partial charge on any atom is 0.109 e. The summed E-state index contributed by atoms with van der Waals surface area (Å²) in [6.07, 6.45) is 8.51. The normalized spacial score (nSPS) is 25.9. The number of rotatable bonds is 3. The number of benzene rings is 2. The molecule has 2 aliphatic heterocycles. The number of nitrogens with zero attached hydrogens (tertiary/aromatic N) is 2. The zero-order chi connectivity index (χ0) is 18.3. The fraction of sp³-hybridized carbons (Fsp3) is 0.480. The van der Waals surface area contributed by atoms with Gasteiger partial charge in [-0.2, -0.15) is 5.26 Å². The molecule has 0 amide bonds. The summed E-state index contributed by atoms with van der Waals surface area (Å²) in [6, 6.07) is 20.9. The molecule has 2 saturated heterocycles. The van der Waals surface area contributed by atoms with Crippen LogP contribution in [0.3, 0.4) is 0 Å². The standard InChI is InChI=1S/C25H28N2/c26-18-25(15-16-27-17-19-9-13-22(27)14-10-19)23-7-3-1-5-20(23)11-12-21-6-2-4-8-24(21)25/h1-8,19,22H,9-17H2. The molecule has 0 spiro atoms. The number of aryl methyl sites for hydroxylation is 2. The van der Waals surface area contributed by atoms with Crippen molar-refractivity contribution in [1.29, 1.82) is 5.26 Å². The van der Waals surface area contributed by atoms with E-state index in [0.29, 0.717) is 0 Å². The number of fused-ring (bicyclic) bond motifs is 5. The zero-order valence-electron chi connectivity index (χ0n) is 16.0. The molecule has 2 heteroatoms. The molecule has 0 aromatic heterocycles. The molecule has 4 aliphatic rings. The van der Waals surface area contributed by atoms with Crippen LogP contribution in [0.2, 0.25) is 0 Å². The number of nitriles is 1. The second kappa shape index (κ2) is 6.80. The Kier molecular flexibility index (Phi) is 4.29. The lowest BCUT2D eigenvalue weighted by atomic mass is 9.70. The summed E-state index contributed by atoms with van der Waals surface area (Å²) >= 11 is 0. The molecule has 0 unspecified atom stereocenters. The summed E-state index contributed by atoms with van der Waals surface area (Å²) in [5.41, 5.74) is 4.70. The lowest BCUT2D eigenvalue weighted by Gasteiger charge is -2.46. The molecule has 27 heavy (non-hydrogen) atoms. The highest BCUT2D eigenvalue weighted by Crippen LogP contribution is 2.43. The zero-order valence-corrected chi connectivity index (χ0v) is 16.0. The van der Waals surface area contributed by atoms with Crippen LogP contribution in [0, 0.1) is 17.2 Å². The summed E-state index contributed by atoms with van der Waals surface area (Å²) < 4.78 is 0. The van der Waals surface area contributed by atoms with Crippen molar-refractivity contribution in [1.82, 2.24) is 4.90 Å². The maximum absolute atomic E-state index is 10.6. The molecular weight excluding hydrogens is 328 g/mol. The van der Waals surface area contributed by atoms with Crippen molar-refractivity contribution in [2.24, 2.45) is 5.92 Å². The highest BCUT2D eigenvalue weighted by molar-refractivity contribution is 5.54. The van der Waals surface area contributed by atoms with E-state index in [1.54, 1.807) is 0 Å². The molecule has 2 bridgehead atoms. The van der Waals surface area contributed by atoms with Crippen molar-refractivity contribution in [2.75, 3.05) is 13.1 Å². The molecule has 2 aliphatic carbocycles. The third-order valence-electron chi connectivity index (χ3n) is 7.41. The first-order valence-electron chi connectivity index (χ1n) is 10.6. The van der Waals surface area contributed by atoms with Crippen molar-refractivity contribution in [2.45, 2.75) is 56.4 Å². The minimum Gasteiger partial charge on any atom is -0.300 e. The van der Waals surface area contributed by atoms with Gasteiger partial charge < -0.3 is 4.90 Å². The Labute approximate surface area is 162 Å². The molecule has 0 radical (unpaired) electrons. The molecular formula is C25H28N2. The van der Waals surface area contributed by atoms with Gasteiger partial charge in [0, 0.05) is 19.1 Å². The van der Waals surface area contributed by atoms with Gasteiger partial charge in [0.1, 0.15) is 5.41 Å². The van der Waals surface area contributed by atoms with E-state index >= 15 is 0 Å². The van der Waals surface area contributed by atoms with Crippen LogP contribution < -0.4 is 0 Å². The van der Waals surface area contributed by atoms with Crippen LogP contribution in [0.25, 0.3) is 0 Å². The molecule has 2 aromatic carbocycles. The summed E-state index contributed by atoms with van der Waals surface area (Å²) in [4.78, 5) is 2.70. The van der Waals surface area contributed by atoms with Gasteiger partial charge in [-0.1, -0.05) is 48.5 Å². The fourth-order valence-corrected chi connectivity index (χ4v) is 5.93. The van der Waals surface area contributed by atoms with E-state index in [1.165, 1.54) is 54.5 Å². The first kappa shape index (κ1) is 17.0. The monoisotopic (exact) mass is 356 g/mol. The summed E-state index contributed by atoms with van der Waals surface area (Å²) in [7, 11) is 0. The van der Waals surface area contributed by atoms with Gasteiger partial charge in [0.05, 0.1) is 6.07 Å². The molecule has 138 valence electrons. The number of piperidine rings is 2. The van der Waals surface area contributed by atoms with Crippen molar-refractivity contribution in [3.05, 3.63) is 70.8 Å². The third-order valence-corrected chi connectivity index (χ3v) is 7.41. The van der Waals surface area contributed by atoms with Crippen LogP contribution in [-0.2, 0) is 18.3 Å². The largest absolute Gasteiger partial charge is 0.300 e. The van der Waals surface area contributed by atoms with Crippen LogP contribution >= 0.6 is 0 Å². The Morgan fingerprint density at radius 1 is 0.889 bits per heavy atom. The Bertz CT molecular complexity index is 822. The van der Waals surface area contributed by atoms with Crippen LogP contribution in [0.5, 0.6) is 0 Å². The summed E-state index contributed by atoms with van der Waals surface area (Å²) in [5.74, 6) is 0.891. The Morgan fingerprint density at radius 3 is 2.00 bits per heavy atom. The smallest absolute Gasteiger partial charge is 0.109 e. The highest BCUT2D eigenvalue weighted by atomic mass is 15.2. The maximum atomic E-state index is 10.6. The van der Waals surface area contributed by atoms with E-state index < -0.39 is 5.41 Å². The van der Waals surface area contributed by atoms with E-state index in [4.69, 9.17) is 0 Å². The molecule has 1 saturated carbocycles. The molecule has 2 aromatic rings. The minimum absolute atomic E-state index is 0.514. The highest BCUT2D eigenvalue weighted by Gasteiger charge is 2.41. The molecule has 2 nitrogen and oxygen atoms in total. The SMILES string of the molecule is N#CC1(CCN2CC3CCC2CC3)c2ccccc2CCc2ccccc21. The first-order valence-corrected chi connectivity index (χ1v) is 10.6. The van der Waals surface area contributed by atoms with Crippen molar-refractivity contribution in [3.8, 4) is 6.07 Å². The van der Waals surface area contributed by atoms with Crippen LogP contribution in [0.15, 0.2) is 48.5 Å². The number of hydrogen-bond donors (Lipinski definition) is 0. The van der Waals surface area contributed by atoms with Crippen LogP contribution in [0.4, 0.5) is 0 Å². The lowest BCUT2D eigenvalue weighted by molar-refractivity contribution is 0.0458. The van der Waals surface area contributed by atoms with Gasteiger partial charge in [-0.05, 0) is 73.1 Å². The van der Waals surface area contributed by atoms with Crippen molar-refractivity contribution in [3.63, 3.8) is 0 Å². The van der Waals surface area contributed by atoms with E-state index in [0.717, 1.165) is 37.8 Å². The van der Waals surface area contributed by atoms with Gasteiger partial charge in [-0.3, -0.25) is 0 Å². The lowest BCUT2D eigenvalue weighted by Crippen LogP contribution is -2.49. The Morgan fingerprint density at radius 2 is 1.48 bits per heavy atom. The van der Waals surface area contributed by atoms with Gasteiger partial charge in [0.25, 0.3) is 0 Å². The predicted molar refractivity (Wildman–Crippen MR) is 109 cm³/mol. The van der Waals surface area contributed by atoms with Gasteiger partial charge in [-0.25, -0.2) is 0 Å². The average molecular weight is 357 g/mol. The van der Waals surface area contributed by atoms with E-state index in [1.807, 2.05) is 0 Å². The predicted octanol–water partition coefficient (Wildman–Crippen LogP) is 4.86. The van der Waals surface area contributed by atoms with E-state index in [2.05, 4.69) is 59.5 Å². The van der Waals surface area contributed by atoms with E-state index in [-0.39, 0.29) is 0 Å². The van der Waals surface area contributed by atoms with E-state index in [9.17, 15) is 5.26 Å². The third kappa shape index (κ3) is 2.80. The fourth-order valence-electron chi connectivity index (χ4n) is 5.93. The minimum atomic E-state index is -0.514. The Hall–Kier alpha value is -2.11. The van der Waals surface area contributed by atoms with Gasteiger partial charge in [0.2, 0.25) is 0 Å². The van der Waals surface area contributed by atoms with Gasteiger partial charge >= 0.3 is 0 Å². The topological polar surface area (TPSA) is 27.0 Å². The first-order chi connectivity index (χ1) is 13.3. The average Bonchev–Trinajstić information content (AvgIpc) is 2.88. The van der Waals surface area contributed by atoms with Crippen molar-refractivity contribution < 1.29 is 0 Å². The Balaban J connectivity index is 1.54. The van der Waals surface area contributed by atoms with Crippen molar-refractivity contribution >= 4 is 0 Å². The van der Waals surface area contributed by atoms with Gasteiger partial charge in [0.15, 0.2) is 0 Å². The number of hydrogen-bond acceptors (Lipinski definition) is 2. The van der Waals surface area contributed by atoms with Crippen LogP contribution in [-0.4, -0.2) is 24.0 Å². The van der Waals surface area contributed by atoms with Gasteiger partial charge in [-0.15, -0.1) is 0 Å². The molecule has 0 N–H and O–H groups in total. The summed E-state index contributed by atoms with van der Waals surface area (Å²) in [6.45, 7) is 2.28. The van der Waals surface area contributed by atoms with Crippen LogP contribution in [0.1, 0.15) is 54.4 Å². The molecule has 3 fully saturated rings. The second-order valence-electron chi connectivity index (χ2n) is 8.75.